The zero-order chi connectivity index (χ0) is 13.8. The summed E-state index contributed by atoms with van der Waals surface area (Å²) in [4.78, 5) is 15.0. The zero-order valence-electron chi connectivity index (χ0n) is 11.0. The first kappa shape index (κ1) is 14.1. The number of rotatable bonds is 3. The molecular formula is C13H18ClN3O2. The van der Waals surface area contributed by atoms with Gasteiger partial charge in [0.2, 0.25) is 0 Å². The first-order valence-electron chi connectivity index (χ1n) is 6.38. The van der Waals surface area contributed by atoms with E-state index in [0.29, 0.717) is 5.88 Å². The quantitative estimate of drug-likeness (QED) is 0.486. The van der Waals surface area contributed by atoms with Crippen molar-refractivity contribution >= 4 is 23.0 Å². The van der Waals surface area contributed by atoms with Crippen molar-refractivity contribution in [2.24, 2.45) is 0 Å². The highest BCUT2D eigenvalue weighted by atomic mass is 35.5. The van der Waals surface area contributed by atoms with Crippen molar-refractivity contribution in [2.75, 3.05) is 38.1 Å². The van der Waals surface area contributed by atoms with E-state index in [9.17, 15) is 10.1 Å². The van der Waals surface area contributed by atoms with E-state index in [1.54, 1.807) is 12.1 Å². The lowest BCUT2D eigenvalue weighted by Gasteiger charge is -2.25. The van der Waals surface area contributed by atoms with Crippen LogP contribution in [0.25, 0.3) is 0 Å². The van der Waals surface area contributed by atoms with Crippen LogP contribution in [0, 0.1) is 10.1 Å². The molecule has 0 radical (unpaired) electrons. The van der Waals surface area contributed by atoms with Crippen molar-refractivity contribution in [1.82, 2.24) is 4.90 Å². The molecular weight excluding hydrogens is 266 g/mol. The maximum absolute atomic E-state index is 10.8. The van der Waals surface area contributed by atoms with Crippen LogP contribution in [0.1, 0.15) is 12.0 Å². The number of hydrogen-bond donors (Lipinski definition) is 0. The maximum Gasteiger partial charge on any atom is 0.269 e. The lowest BCUT2D eigenvalue weighted by atomic mass is 10.1. The van der Waals surface area contributed by atoms with Crippen LogP contribution >= 0.6 is 11.6 Å². The number of halogens is 1. The monoisotopic (exact) mass is 283 g/mol. The molecule has 0 aromatic heterocycles. The lowest BCUT2D eigenvalue weighted by molar-refractivity contribution is -0.384. The van der Waals surface area contributed by atoms with Crippen LogP contribution in [0.2, 0.25) is 0 Å². The number of nitrogens with zero attached hydrogens (tertiary/aromatic N) is 3. The molecule has 0 atom stereocenters. The number of nitro benzene ring substituents is 1. The van der Waals surface area contributed by atoms with E-state index in [-0.39, 0.29) is 10.6 Å². The third kappa shape index (κ3) is 3.36. The van der Waals surface area contributed by atoms with Gasteiger partial charge in [0, 0.05) is 43.3 Å². The topological polar surface area (TPSA) is 49.6 Å². The molecule has 1 saturated heterocycles. The average molecular weight is 284 g/mol. The molecule has 0 bridgehead atoms. The van der Waals surface area contributed by atoms with E-state index in [1.807, 2.05) is 6.07 Å². The molecule has 1 aliphatic heterocycles. The smallest absolute Gasteiger partial charge is 0.269 e. The van der Waals surface area contributed by atoms with Gasteiger partial charge < -0.3 is 9.80 Å². The molecule has 1 aliphatic rings. The van der Waals surface area contributed by atoms with Crippen LogP contribution in [0.5, 0.6) is 0 Å². The number of hydrogen-bond acceptors (Lipinski definition) is 4. The van der Waals surface area contributed by atoms with Gasteiger partial charge in [-0.25, -0.2) is 0 Å². The largest absolute Gasteiger partial charge is 0.370 e. The Balaban J connectivity index is 2.25. The summed E-state index contributed by atoms with van der Waals surface area (Å²) in [5.74, 6) is 0.295. The molecule has 0 unspecified atom stereocenters. The Kier molecular flexibility index (Phi) is 4.61. The van der Waals surface area contributed by atoms with Gasteiger partial charge in [0.15, 0.2) is 0 Å². The van der Waals surface area contributed by atoms with Crippen LogP contribution in [0.4, 0.5) is 11.4 Å². The minimum absolute atomic E-state index is 0.103. The van der Waals surface area contributed by atoms with Crippen molar-refractivity contribution in [3.05, 3.63) is 33.9 Å². The molecule has 2 rings (SSSR count). The average Bonchev–Trinajstić information content (AvgIpc) is 2.62. The van der Waals surface area contributed by atoms with Gasteiger partial charge in [0.05, 0.1) is 4.92 Å². The molecule has 104 valence electrons. The van der Waals surface area contributed by atoms with E-state index in [0.717, 1.165) is 43.9 Å². The fraction of sp³-hybridized carbons (Fsp3) is 0.538. The second-order valence-corrected chi connectivity index (χ2v) is 5.11. The van der Waals surface area contributed by atoms with Crippen LogP contribution in [0.15, 0.2) is 18.2 Å². The van der Waals surface area contributed by atoms with E-state index in [4.69, 9.17) is 11.6 Å². The Morgan fingerprint density at radius 2 is 2.11 bits per heavy atom. The molecule has 1 fully saturated rings. The Morgan fingerprint density at radius 3 is 2.79 bits per heavy atom. The number of anilines is 1. The molecule has 19 heavy (non-hydrogen) atoms. The van der Waals surface area contributed by atoms with Gasteiger partial charge in [0.1, 0.15) is 0 Å². The maximum atomic E-state index is 10.8. The minimum Gasteiger partial charge on any atom is -0.370 e. The van der Waals surface area contributed by atoms with Crippen molar-refractivity contribution < 1.29 is 4.92 Å². The normalized spacial score (nSPS) is 17.3. The van der Waals surface area contributed by atoms with Gasteiger partial charge in [-0.1, -0.05) is 0 Å². The molecule has 0 amide bonds. The van der Waals surface area contributed by atoms with Gasteiger partial charge in [-0.3, -0.25) is 10.1 Å². The summed E-state index contributed by atoms with van der Waals surface area (Å²) in [7, 11) is 2.11. The highest BCUT2D eigenvalue weighted by molar-refractivity contribution is 6.17. The van der Waals surface area contributed by atoms with Gasteiger partial charge in [-0.15, -0.1) is 11.6 Å². The molecule has 1 heterocycles. The second-order valence-electron chi connectivity index (χ2n) is 4.85. The molecule has 0 saturated carbocycles. The Bertz CT molecular complexity index is 467. The third-order valence-electron chi connectivity index (χ3n) is 3.48. The molecule has 6 heteroatoms. The Hall–Kier alpha value is -1.33. The van der Waals surface area contributed by atoms with Crippen LogP contribution in [-0.4, -0.2) is 43.0 Å². The van der Waals surface area contributed by atoms with Crippen molar-refractivity contribution in [1.29, 1.82) is 0 Å². The number of likely N-dealkylation sites (N-methyl/N-ethyl adjacent to an activating group) is 1. The predicted molar refractivity (Wildman–Crippen MR) is 77.0 cm³/mol. The Morgan fingerprint density at radius 1 is 1.32 bits per heavy atom. The highest BCUT2D eigenvalue weighted by Crippen LogP contribution is 2.27. The molecule has 0 aliphatic carbocycles. The van der Waals surface area contributed by atoms with E-state index in [1.165, 1.54) is 0 Å². The Labute approximate surface area is 117 Å². The van der Waals surface area contributed by atoms with Crippen molar-refractivity contribution in [3.8, 4) is 0 Å². The fourth-order valence-electron chi connectivity index (χ4n) is 2.39. The van der Waals surface area contributed by atoms with Crippen LogP contribution < -0.4 is 4.90 Å². The summed E-state index contributed by atoms with van der Waals surface area (Å²) >= 11 is 5.94. The molecule has 0 spiro atoms. The van der Waals surface area contributed by atoms with Crippen molar-refractivity contribution in [3.63, 3.8) is 0 Å². The second kappa shape index (κ2) is 6.21. The summed E-state index contributed by atoms with van der Waals surface area (Å²) in [6.07, 6.45) is 1.09. The molecule has 1 aromatic rings. The van der Waals surface area contributed by atoms with Crippen molar-refractivity contribution in [2.45, 2.75) is 12.3 Å². The SMILES string of the molecule is CN1CCCN(c2ccc([N+](=O)[O-])cc2CCl)CC1. The van der Waals surface area contributed by atoms with Gasteiger partial charge >= 0.3 is 0 Å². The first-order valence-corrected chi connectivity index (χ1v) is 6.92. The number of nitro groups is 1. The molecule has 0 N–H and O–H groups in total. The summed E-state index contributed by atoms with van der Waals surface area (Å²) < 4.78 is 0. The third-order valence-corrected chi connectivity index (χ3v) is 3.77. The zero-order valence-corrected chi connectivity index (χ0v) is 11.8. The fourth-order valence-corrected chi connectivity index (χ4v) is 2.60. The summed E-state index contributed by atoms with van der Waals surface area (Å²) in [6.45, 7) is 3.97. The van der Waals surface area contributed by atoms with E-state index >= 15 is 0 Å². The predicted octanol–water partition coefficient (Wildman–Crippen LogP) is 2.48. The van der Waals surface area contributed by atoms with Gasteiger partial charge in [-0.2, -0.15) is 0 Å². The number of benzene rings is 1. The summed E-state index contributed by atoms with van der Waals surface area (Å²) in [5, 5.41) is 10.8. The highest BCUT2D eigenvalue weighted by Gasteiger charge is 2.17. The van der Waals surface area contributed by atoms with Crippen LogP contribution in [0.3, 0.4) is 0 Å². The van der Waals surface area contributed by atoms with Gasteiger partial charge in [-0.05, 0) is 31.6 Å². The van der Waals surface area contributed by atoms with E-state index < -0.39 is 0 Å². The molecule has 5 nitrogen and oxygen atoms in total. The van der Waals surface area contributed by atoms with Crippen LogP contribution in [-0.2, 0) is 5.88 Å². The lowest BCUT2D eigenvalue weighted by Crippen LogP contribution is -2.29. The summed E-state index contributed by atoms with van der Waals surface area (Å²) in [6, 6.07) is 4.96. The van der Waals surface area contributed by atoms with Gasteiger partial charge in [0.25, 0.3) is 5.69 Å². The molecule has 1 aromatic carbocycles. The van der Waals surface area contributed by atoms with E-state index in [2.05, 4.69) is 16.8 Å². The summed E-state index contributed by atoms with van der Waals surface area (Å²) in [5.41, 5.74) is 1.96. The number of non-ortho nitro benzene ring substituents is 1. The minimum atomic E-state index is -0.379. The standard InChI is InChI=1S/C13H18ClN3O2/c1-15-5-2-6-16(8-7-15)13-4-3-12(17(18)19)9-11(13)10-14/h3-4,9H,2,5-8,10H2,1H3. The first-order chi connectivity index (χ1) is 9.11. The number of alkyl halides is 1.